The van der Waals surface area contributed by atoms with Gasteiger partial charge in [0.05, 0.1) is 5.56 Å². The SMILES string of the molecule is CCN(Cc1ccc(C(=O)O)cc1C)C(C)CN(C)C. The predicted molar refractivity (Wildman–Crippen MR) is 82.2 cm³/mol. The molecule has 1 atom stereocenters. The summed E-state index contributed by atoms with van der Waals surface area (Å²) in [5.41, 5.74) is 2.60. The molecule has 0 saturated carbocycles. The van der Waals surface area contributed by atoms with Crippen LogP contribution in [0.1, 0.15) is 35.3 Å². The third-order valence-electron chi connectivity index (χ3n) is 3.62. The molecule has 0 spiro atoms. The zero-order valence-corrected chi connectivity index (χ0v) is 13.2. The van der Waals surface area contributed by atoms with Crippen molar-refractivity contribution in [2.45, 2.75) is 33.4 Å². The van der Waals surface area contributed by atoms with Crippen LogP contribution in [0.25, 0.3) is 0 Å². The van der Waals surface area contributed by atoms with E-state index in [0.717, 1.165) is 25.2 Å². The molecule has 4 heteroatoms. The highest BCUT2D eigenvalue weighted by Gasteiger charge is 2.15. The van der Waals surface area contributed by atoms with Gasteiger partial charge in [-0.05, 0) is 57.7 Å². The first-order valence-corrected chi connectivity index (χ1v) is 7.06. The van der Waals surface area contributed by atoms with Crippen LogP contribution >= 0.6 is 0 Å². The van der Waals surface area contributed by atoms with Gasteiger partial charge in [-0.1, -0.05) is 13.0 Å². The molecule has 0 saturated heterocycles. The van der Waals surface area contributed by atoms with Crippen LogP contribution < -0.4 is 0 Å². The molecule has 0 aliphatic carbocycles. The molecule has 0 aromatic heterocycles. The van der Waals surface area contributed by atoms with Gasteiger partial charge in [0, 0.05) is 19.1 Å². The van der Waals surface area contributed by atoms with Crippen LogP contribution in [-0.2, 0) is 6.54 Å². The minimum absolute atomic E-state index is 0.357. The van der Waals surface area contributed by atoms with E-state index in [1.165, 1.54) is 5.56 Å². The standard InChI is InChI=1S/C16H26N2O2/c1-6-18(13(3)10-17(4)5)11-15-8-7-14(16(19)20)9-12(15)2/h7-9,13H,6,10-11H2,1-5H3,(H,19,20). The van der Waals surface area contributed by atoms with E-state index in [-0.39, 0.29) is 0 Å². The summed E-state index contributed by atoms with van der Waals surface area (Å²) in [6, 6.07) is 5.84. The van der Waals surface area contributed by atoms with Crippen LogP contribution in [-0.4, -0.2) is 54.1 Å². The van der Waals surface area contributed by atoms with E-state index >= 15 is 0 Å². The first-order chi connectivity index (χ1) is 9.35. The molecule has 20 heavy (non-hydrogen) atoms. The molecule has 0 heterocycles. The van der Waals surface area contributed by atoms with Gasteiger partial charge in [-0.2, -0.15) is 0 Å². The fourth-order valence-corrected chi connectivity index (χ4v) is 2.45. The Morgan fingerprint density at radius 2 is 2.00 bits per heavy atom. The Labute approximate surface area is 122 Å². The van der Waals surface area contributed by atoms with Crippen LogP contribution in [0.5, 0.6) is 0 Å². The molecule has 4 nitrogen and oxygen atoms in total. The van der Waals surface area contributed by atoms with Crippen molar-refractivity contribution < 1.29 is 9.90 Å². The summed E-state index contributed by atoms with van der Waals surface area (Å²) >= 11 is 0. The van der Waals surface area contributed by atoms with Gasteiger partial charge >= 0.3 is 5.97 Å². The maximum absolute atomic E-state index is 11.0. The van der Waals surface area contributed by atoms with E-state index in [1.54, 1.807) is 12.1 Å². The first-order valence-electron chi connectivity index (χ1n) is 7.06. The zero-order valence-electron chi connectivity index (χ0n) is 13.2. The minimum atomic E-state index is -0.868. The number of hydrogen-bond donors (Lipinski definition) is 1. The molecule has 0 radical (unpaired) electrons. The average Bonchev–Trinajstić information content (AvgIpc) is 2.36. The maximum Gasteiger partial charge on any atom is 0.335 e. The third kappa shape index (κ3) is 4.62. The van der Waals surface area contributed by atoms with Crippen molar-refractivity contribution >= 4 is 5.97 Å². The highest BCUT2D eigenvalue weighted by Crippen LogP contribution is 2.15. The number of aromatic carboxylic acids is 1. The van der Waals surface area contributed by atoms with Crippen molar-refractivity contribution in [1.82, 2.24) is 9.80 Å². The third-order valence-corrected chi connectivity index (χ3v) is 3.62. The van der Waals surface area contributed by atoms with Gasteiger partial charge in [0.15, 0.2) is 0 Å². The Morgan fingerprint density at radius 1 is 1.35 bits per heavy atom. The number of carbonyl (C=O) groups is 1. The highest BCUT2D eigenvalue weighted by molar-refractivity contribution is 5.87. The predicted octanol–water partition coefficient (Wildman–Crippen LogP) is 2.47. The second-order valence-electron chi connectivity index (χ2n) is 5.62. The first kappa shape index (κ1) is 16.7. The van der Waals surface area contributed by atoms with E-state index < -0.39 is 5.97 Å². The lowest BCUT2D eigenvalue weighted by Gasteiger charge is -2.30. The smallest absolute Gasteiger partial charge is 0.335 e. The topological polar surface area (TPSA) is 43.8 Å². The number of benzene rings is 1. The van der Waals surface area contributed by atoms with Crippen LogP contribution in [0.2, 0.25) is 0 Å². The van der Waals surface area contributed by atoms with Crippen LogP contribution in [0.4, 0.5) is 0 Å². The number of rotatable bonds is 7. The van der Waals surface area contributed by atoms with Crippen molar-refractivity contribution in [3.63, 3.8) is 0 Å². The monoisotopic (exact) mass is 278 g/mol. The number of nitrogens with zero attached hydrogens (tertiary/aromatic N) is 2. The molecule has 0 bridgehead atoms. The second-order valence-corrected chi connectivity index (χ2v) is 5.62. The Bertz CT molecular complexity index is 458. The lowest BCUT2D eigenvalue weighted by atomic mass is 10.0. The van der Waals surface area contributed by atoms with E-state index in [1.807, 2.05) is 13.0 Å². The molecule has 1 N–H and O–H groups in total. The Hall–Kier alpha value is -1.39. The zero-order chi connectivity index (χ0) is 15.3. The van der Waals surface area contributed by atoms with E-state index in [2.05, 4.69) is 37.7 Å². The average molecular weight is 278 g/mol. The molecule has 0 aliphatic rings. The maximum atomic E-state index is 11.0. The molecule has 0 amide bonds. The number of carboxylic acids is 1. The van der Waals surface area contributed by atoms with Gasteiger partial charge in [-0.25, -0.2) is 4.79 Å². The van der Waals surface area contributed by atoms with Crippen LogP contribution in [0.15, 0.2) is 18.2 Å². The van der Waals surface area contributed by atoms with Crippen LogP contribution in [0.3, 0.4) is 0 Å². The van der Waals surface area contributed by atoms with Crippen molar-refractivity contribution in [2.24, 2.45) is 0 Å². The summed E-state index contributed by atoms with van der Waals surface area (Å²) in [7, 11) is 4.16. The highest BCUT2D eigenvalue weighted by atomic mass is 16.4. The fraction of sp³-hybridized carbons (Fsp3) is 0.562. The summed E-state index contributed by atoms with van der Waals surface area (Å²) in [4.78, 5) is 15.6. The van der Waals surface area contributed by atoms with E-state index in [4.69, 9.17) is 5.11 Å². The molecule has 0 fully saturated rings. The molecular weight excluding hydrogens is 252 g/mol. The van der Waals surface area contributed by atoms with Crippen molar-refractivity contribution in [3.05, 3.63) is 34.9 Å². The summed E-state index contributed by atoms with van der Waals surface area (Å²) in [6.45, 7) is 9.22. The Kier molecular flexibility index (Phi) is 6.17. The molecule has 1 aromatic rings. The molecule has 1 aromatic carbocycles. The molecule has 0 aliphatic heterocycles. The number of hydrogen-bond acceptors (Lipinski definition) is 3. The Morgan fingerprint density at radius 3 is 2.45 bits per heavy atom. The summed E-state index contributed by atoms with van der Waals surface area (Å²) < 4.78 is 0. The van der Waals surface area contributed by atoms with Gasteiger partial charge in [0.1, 0.15) is 0 Å². The van der Waals surface area contributed by atoms with Crippen LogP contribution in [0, 0.1) is 6.92 Å². The number of aryl methyl sites for hydroxylation is 1. The second kappa shape index (κ2) is 7.41. The summed E-state index contributed by atoms with van der Waals surface area (Å²) in [5, 5.41) is 9.00. The van der Waals surface area contributed by atoms with Crippen molar-refractivity contribution in [3.8, 4) is 0 Å². The van der Waals surface area contributed by atoms with E-state index in [0.29, 0.717) is 11.6 Å². The summed E-state index contributed by atoms with van der Waals surface area (Å²) in [6.07, 6.45) is 0. The lowest BCUT2D eigenvalue weighted by Crippen LogP contribution is -2.39. The largest absolute Gasteiger partial charge is 0.478 e. The number of carboxylic acid groups (broad SMARTS) is 1. The molecule has 1 unspecified atom stereocenters. The van der Waals surface area contributed by atoms with Gasteiger partial charge in [0.2, 0.25) is 0 Å². The van der Waals surface area contributed by atoms with Gasteiger partial charge < -0.3 is 10.0 Å². The molecule has 112 valence electrons. The Balaban J connectivity index is 2.82. The van der Waals surface area contributed by atoms with Crippen molar-refractivity contribution in [1.29, 1.82) is 0 Å². The van der Waals surface area contributed by atoms with Gasteiger partial charge in [0.25, 0.3) is 0 Å². The molecule has 1 rings (SSSR count). The lowest BCUT2D eigenvalue weighted by molar-refractivity contribution is 0.0696. The van der Waals surface area contributed by atoms with Gasteiger partial charge in [-0.3, -0.25) is 4.90 Å². The normalized spacial score (nSPS) is 12.9. The molecular formula is C16H26N2O2. The van der Waals surface area contributed by atoms with E-state index in [9.17, 15) is 4.79 Å². The quantitative estimate of drug-likeness (QED) is 0.832. The summed E-state index contributed by atoms with van der Waals surface area (Å²) in [5.74, 6) is -0.868. The van der Waals surface area contributed by atoms with Gasteiger partial charge in [-0.15, -0.1) is 0 Å². The number of likely N-dealkylation sites (N-methyl/N-ethyl adjacent to an activating group) is 2. The minimum Gasteiger partial charge on any atom is -0.478 e. The fourth-order valence-electron chi connectivity index (χ4n) is 2.45. The van der Waals surface area contributed by atoms with Crippen molar-refractivity contribution in [2.75, 3.05) is 27.2 Å².